The maximum absolute atomic E-state index is 12.1. The van der Waals surface area contributed by atoms with Crippen LogP contribution in [-0.2, 0) is 17.1 Å². The van der Waals surface area contributed by atoms with Crippen molar-refractivity contribution in [2.24, 2.45) is 24.6 Å². The molecule has 1 fully saturated rings. The smallest absolute Gasteiger partial charge is 0.259 e. The minimum Gasteiger partial charge on any atom is -0.337 e. The number of hydrogen-bond donors (Lipinski definition) is 2. The van der Waals surface area contributed by atoms with Gasteiger partial charge in [-0.15, -0.1) is 0 Å². The predicted molar refractivity (Wildman–Crippen MR) is 73.0 cm³/mol. The number of aryl methyl sites for hydroxylation is 2. The summed E-state index contributed by atoms with van der Waals surface area (Å²) in [5.74, 6) is 1.47. The number of nitrogens with one attached hydrogen (secondary N) is 1. The molecule has 2 unspecified atom stereocenters. The molecule has 2 rings (SSSR count). The molecule has 0 aliphatic heterocycles. The molecule has 1 aromatic rings. The Balaban J connectivity index is 2.02. The van der Waals surface area contributed by atoms with E-state index in [2.05, 4.69) is 9.71 Å². The van der Waals surface area contributed by atoms with Gasteiger partial charge < -0.3 is 10.3 Å². The number of sulfonamides is 1. The Hall–Kier alpha value is -0.920. The van der Waals surface area contributed by atoms with Crippen LogP contribution in [0.15, 0.2) is 11.2 Å². The highest BCUT2D eigenvalue weighted by atomic mass is 32.2. The van der Waals surface area contributed by atoms with Gasteiger partial charge in [0.25, 0.3) is 10.0 Å². The van der Waals surface area contributed by atoms with Gasteiger partial charge in [0.15, 0.2) is 5.03 Å². The van der Waals surface area contributed by atoms with Crippen molar-refractivity contribution in [1.82, 2.24) is 14.3 Å². The summed E-state index contributed by atoms with van der Waals surface area (Å²) < 4.78 is 28.6. The summed E-state index contributed by atoms with van der Waals surface area (Å²) in [4.78, 5) is 4.05. The van der Waals surface area contributed by atoms with Gasteiger partial charge in [-0.05, 0) is 38.1 Å². The molecule has 3 N–H and O–H groups in total. The Bertz CT molecular complexity index is 518. The molecular formula is C12H22N4O2S. The van der Waals surface area contributed by atoms with Gasteiger partial charge in [-0.1, -0.05) is 6.42 Å². The van der Waals surface area contributed by atoms with Crippen molar-refractivity contribution in [3.8, 4) is 0 Å². The van der Waals surface area contributed by atoms with Gasteiger partial charge in [0.05, 0.1) is 0 Å². The quantitative estimate of drug-likeness (QED) is 0.819. The van der Waals surface area contributed by atoms with Crippen LogP contribution in [-0.4, -0.2) is 31.1 Å². The lowest BCUT2D eigenvalue weighted by molar-refractivity contribution is 0.393. The second kappa shape index (κ2) is 5.60. The molecule has 0 saturated heterocycles. The largest absolute Gasteiger partial charge is 0.337 e. The van der Waals surface area contributed by atoms with Crippen molar-refractivity contribution in [3.05, 3.63) is 12.0 Å². The van der Waals surface area contributed by atoms with E-state index in [1.807, 2.05) is 0 Å². The number of nitrogens with two attached hydrogens (primary N) is 1. The van der Waals surface area contributed by atoms with E-state index in [9.17, 15) is 8.42 Å². The maximum atomic E-state index is 12.1. The molecule has 1 saturated carbocycles. The lowest BCUT2D eigenvalue weighted by atomic mass is 9.97. The molecule has 0 amide bonds. The number of aromatic nitrogens is 2. The molecule has 1 heterocycles. The third-order valence-electron chi connectivity index (χ3n) is 4.02. The van der Waals surface area contributed by atoms with Gasteiger partial charge in [0.2, 0.25) is 0 Å². The van der Waals surface area contributed by atoms with Crippen molar-refractivity contribution in [2.75, 3.05) is 13.1 Å². The van der Waals surface area contributed by atoms with Gasteiger partial charge in [0.1, 0.15) is 5.82 Å². The molecule has 1 aliphatic carbocycles. The summed E-state index contributed by atoms with van der Waals surface area (Å²) in [6.07, 6.45) is 4.82. The number of nitrogens with zero attached hydrogens (tertiary/aromatic N) is 2. The summed E-state index contributed by atoms with van der Waals surface area (Å²) in [5, 5.41) is 0.0924. The van der Waals surface area contributed by atoms with Crippen LogP contribution in [0.5, 0.6) is 0 Å². The molecule has 7 heteroatoms. The predicted octanol–water partition coefficient (Wildman–Crippen LogP) is 0.382. The topological polar surface area (TPSA) is 90.0 Å². The number of hydrogen-bond acceptors (Lipinski definition) is 4. The van der Waals surface area contributed by atoms with E-state index < -0.39 is 10.0 Å². The molecule has 1 aromatic heterocycles. The molecule has 0 aromatic carbocycles. The summed E-state index contributed by atoms with van der Waals surface area (Å²) in [7, 11) is -1.72. The zero-order chi connectivity index (χ0) is 14.0. The molecule has 2 atom stereocenters. The number of imidazole rings is 1. The fraction of sp³-hybridized carbons (Fsp3) is 0.750. The van der Waals surface area contributed by atoms with Crippen LogP contribution >= 0.6 is 0 Å². The molecule has 19 heavy (non-hydrogen) atoms. The normalized spacial score (nSPS) is 23.9. The Kier molecular flexibility index (Phi) is 4.27. The molecule has 0 radical (unpaired) electrons. The lowest BCUT2D eigenvalue weighted by Gasteiger charge is -2.17. The first kappa shape index (κ1) is 14.5. The molecule has 108 valence electrons. The van der Waals surface area contributed by atoms with Crippen LogP contribution in [0.4, 0.5) is 0 Å². The minimum absolute atomic E-state index is 0.0924. The van der Waals surface area contributed by atoms with Crippen molar-refractivity contribution in [1.29, 1.82) is 0 Å². The second-order valence-electron chi connectivity index (χ2n) is 5.28. The molecule has 0 bridgehead atoms. The first-order valence-corrected chi connectivity index (χ1v) is 8.12. The fourth-order valence-corrected chi connectivity index (χ4v) is 3.77. The van der Waals surface area contributed by atoms with E-state index in [0.29, 0.717) is 30.7 Å². The molecular weight excluding hydrogens is 264 g/mol. The first-order valence-electron chi connectivity index (χ1n) is 6.63. The van der Waals surface area contributed by atoms with Gasteiger partial charge in [-0.3, -0.25) is 0 Å². The third kappa shape index (κ3) is 3.16. The average Bonchev–Trinajstić information content (AvgIpc) is 2.94. The molecule has 1 aliphatic rings. The van der Waals surface area contributed by atoms with Gasteiger partial charge >= 0.3 is 0 Å². The van der Waals surface area contributed by atoms with E-state index in [0.717, 1.165) is 19.3 Å². The standard InChI is InChI=1S/C12H22N4O2S/c1-9-15-12(8-16(9)2)19(17,18)14-7-11-5-3-4-10(11)6-13/h8,10-11,14H,3-7,13H2,1-2H3. The highest BCUT2D eigenvalue weighted by Gasteiger charge is 2.28. The Morgan fingerprint density at radius 3 is 2.74 bits per heavy atom. The zero-order valence-electron chi connectivity index (χ0n) is 11.5. The van der Waals surface area contributed by atoms with Crippen LogP contribution in [0.1, 0.15) is 25.1 Å². The van der Waals surface area contributed by atoms with Crippen LogP contribution in [0.25, 0.3) is 0 Å². The summed E-state index contributed by atoms with van der Waals surface area (Å²) in [6.45, 7) is 2.87. The fourth-order valence-electron chi connectivity index (χ4n) is 2.64. The highest BCUT2D eigenvalue weighted by molar-refractivity contribution is 7.89. The van der Waals surface area contributed by atoms with E-state index in [-0.39, 0.29) is 5.03 Å². The molecule has 0 spiro atoms. The van der Waals surface area contributed by atoms with Crippen LogP contribution in [0.3, 0.4) is 0 Å². The Morgan fingerprint density at radius 2 is 2.16 bits per heavy atom. The van der Waals surface area contributed by atoms with Crippen LogP contribution in [0.2, 0.25) is 0 Å². The summed E-state index contributed by atoms with van der Waals surface area (Å²) in [5.41, 5.74) is 5.70. The van der Waals surface area contributed by atoms with E-state index in [1.54, 1.807) is 18.5 Å². The van der Waals surface area contributed by atoms with Crippen LogP contribution in [0, 0.1) is 18.8 Å². The summed E-state index contributed by atoms with van der Waals surface area (Å²) in [6, 6.07) is 0. The molecule has 6 nitrogen and oxygen atoms in total. The Morgan fingerprint density at radius 1 is 1.47 bits per heavy atom. The first-order chi connectivity index (χ1) is 8.94. The minimum atomic E-state index is -3.50. The Labute approximate surface area is 114 Å². The van der Waals surface area contributed by atoms with Gasteiger partial charge in [-0.25, -0.2) is 18.1 Å². The van der Waals surface area contributed by atoms with E-state index in [1.165, 1.54) is 6.20 Å². The van der Waals surface area contributed by atoms with Crippen molar-refractivity contribution < 1.29 is 8.42 Å². The van der Waals surface area contributed by atoms with Crippen LogP contribution < -0.4 is 10.5 Å². The monoisotopic (exact) mass is 286 g/mol. The van der Waals surface area contributed by atoms with Crippen molar-refractivity contribution in [3.63, 3.8) is 0 Å². The zero-order valence-corrected chi connectivity index (χ0v) is 12.3. The SMILES string of the molecule is Cc1nc(S(=O)(=O)NCC2CCCC2CN)cn1C. The van der Waals surface area contributed by atoms with Gasteiger partial charge in [0, 0.05) is 19.8 Å². The van der Waals surface area contributed by atoms with Crippen molar-refractivity contribution >= 4 is 10.0 Å². The maximum Gasteiger partial charge on any atom is 0.259 e. The summed E-state index contributed by atoms with van der Waals surface area (Å²) >= 11 is 0. The lowest BCUT2D eigenvalue weighted by Crippen LogP contribution is -2.33. The van der Waals surface area contributed by atoms with E-state index >= 15 is 0 Å². The average molecular weight is 286 g/mol. The second-order valence-corrected chi connectivity index (χ2v) is 6.99. The van der Waals surface area contributed by atoms with Crippen molar-refractivity contribution in [2.45, 2.75) is 31.2 Å². The highest BCUT2D eigenvalue weighted by Crippen LogP contribution is 2.30. The van der Waals surface area contributed by atoms with E-state index in [4.69, 9.17) is 5.73 Å². The number of rotatable bonds is 5. The third-order valence-corrected chi connectivity index (χ3v) is 5.31. The van der Waals surface area contributed by atoms with Gasteiger partial charge in [-0.2, -0.15) is 0 Å².